The second-order valence-electron chi connectivity index (χ2n) is 6.92. The average Bonchev–Trinajstić information content (AvgIpc) is 2.73. The monoisotopic (exact) mass is 414 g/mol. The number of nitrogens with zero attached hydrogens (tertiary/aromatic N) is 3. The number of halogens is 3. The predicted octanol–water partition coefficient (Wildman–Crippen LogP) is 4.10. The Morgan fingerprint density at radius 3 is 2.50 bits per heavy atom. The Labute approximate surface area is 172 Å². The summed E-state index contributed by atoms with van der Waals surface area (Å²) in [6.07, 6.45) is -2.42. The van der Waals surface area contributed by atoms with E-state index in [9.17, 15) is 18.0 Å². The highest BCUT2D eigenvalue weighted by Crippen LogP contribution is 2.30. The first-order valence-corrected chi connectivity index (χ1v) is 9.29. The number of hydrogen-bond donors (Lipinski definition) is 1. The maximum atomic E-state index is 13.0. The number of benzene rings is 2. The molecule has 5 nitrogen and oxygen atoms in total. The smallest absolute Gasteiger partial charge is 0.394 e. The van der Waals surface area contributed by atoms with Crippen LogP contribution in [0.4, 0.5) is 13.2 Å². The molecule has 0 fully saturated rings. The van der Waals surface area contributed by atoms with Crippen LogP contribution in [-0.4, -0.2) is 29.8 Å². The summed E-state index contributed by atoms with van der Waals surface area (Å²) in [6.45, 7) is 5.72. The molecule has 0 unspecified atom stereocenters. The van der Waals surface area contributed by atoms with Crippen molar-refractivity contribution < 1.29 is 18.0 Å². The van der Waals surface area contributed by atoms with Crippen molar-refractivity contribution in [3.05, 3.63) is 82.6 Å². The normalized spacial score (nSPS) is 17.5. The molecule has 0 aromatic heterocycles. The summed E-state index contributed by atoms with van der Waals surface area (Å²) >= 11 is 0. The van der Waals surface area contributed by atoms with E-state index in [1.807, 2.05) is 31.2 Å². The van der Waals surface area contributed by atoms with Crippen LogP contribution in [0, 0.1) is 0 Å². The number of nitrogens with two attached hydrogens (primary N) is 1. The molecule has 0 saturated heterocycles. The van der Waals surface area contributed by atoms with E-state index in [0.29, 0.717) is 18.5 Å². The van der Waals surface area contributed by atoms with Crippen molar-refractivity contribution in [2.75, 3.05) is 6.54 Å². The number of allylic oxidation sites excluding steroid dienone is 1. The standard InChI is InChI=1S/C22H21F3N4O/c1-14-18-6-4-3-5-15(18)11-12-29(14)21(30)19(26)13-20(28-27-2)16-7-9-17(10-8-16)22(23,24)25/h3-10,13-14H,2,11-12,26H2,1H3/t14-/m1/s1. The van der Waals surface area contributed by atoms with Crippen molar-refractivity contribution in [3.63, 3.8) is 0 Å². The summed E-state index contributed by atoms with van der Waals surface area (Å²) in [5.41, 5.74) is 7.92. The average molecular weight is 414 g/mol. The molecule has 0 spiro atoms. The van der Waals surface area contributed by atoms with Gasteiger partial charge in [0.2, 0.25) is 0 Å². The number of fused-ring (bicyclic) bond motifs is 1. The van der Waals surface area contributed by atoms with Crippen molar-refractivity contribution in [1.29, 1.82) is 0 Å². The molecule has 156 valence electrons. The number of carbonyl (C=O) groups is 1. The highest BCUT2D eigenvalue weighted by Gasteiger charge is 2.30. The summed E-state index contributed by atoms with van der Waals surface area (Å²) in [6, 6.07) is 12.1. The molecule has 1 aliphatic heterocycles. The van der Waals surface area contributed by atoms with Crippen LogP contribution < -0.4 is 5.73 Å². The highest BCUT2D eigenvalue weighted by atomic mass is 19.4. The van der Waals surface area contributed by atoms with Crippen LogP contribution in [0.15, 0.2) is 70.5 Å². The number of rotatable bonds is 4. The zero-order chi connectivity index (χ0) is 21.9. The fourth-order valence-corrected chi connectivity index (χ4v) is 3.50. The van der Waals surface area contributed by atoms with E-state index in [1.165, 1.54) is 23.8 Å². The van der Waals surface area contributed by atoms with Crippen LogP contribution in [0.2, 0.25) is 0 Å². The van der Waals surface area contributed by atoms with Crippen molar-refractivity contribution in [2.45, 2.75) is 25.6 Å². The van der Waals surface area contributed by atoms with Gasteiger partial charge in [-0.1, -0.05) is 36.4 Å². The molecule has 0 saturated carbocycles. The molecule has 1 atom stereocenters. The maximum Gasteiger partial charge on any atom is 0.416 e. The topological polar surface area (TPSA) is 71.0 Å². The fourth-order valence-electron chi connectivity index (χ4n) is 3.50. The van der Waals surface area contributed by atoms with Gasteiger partial charge in [0.1, 0.15) is 0 Å². The molecule has 0 aliphatic carbocycles. The number of amides is 1. The molecule has 3 rings (SSSR count). The van der Waals surface area contributed by atoms with Crippen LogP contribution in [0.3, 0.4) is 0 Å². The largest absolute Gasteiger partial charge is 0.416 e. The Balaban J connectivity index is 1.85. The van der Waals surface area contributed by atoms with Gasteiger partial charge < -0.3 is 10.6 Å². The van der Waals surface area contributed by atoms with Gasteiger partial charge in [-0.2, -0.15) is 23.4 Å². The lowest BCUT2D eigenvalue weighted by Crippen LogP contribution is -2.41. The Morgan fingerprint density at radius 2 is 1.87 bits per heavy atom. The van der Waals surface area contributed by atoms with E-state index in [2.05, 4.69) is 16.9 Å². The molecule has 0 bridgehead atoms. The van der Waals surface area contributed by atoms with Gasteiger partial charge in [-0.05, 0) is 42.7 Å². The third-order valence-corrected chi connectivity index (χ3v) is 5.08. The first kappa shape index (κ1) is 21.3. The Morgan fingerprint density at radius 1 is 1.20 bits per heavy atom. The Bertz CT molecular complexity index is 1010. The fraction of sp³-hybridized carbons (Fsp3) is 0.227. The molecule has 0 radical (unpaired) electrons. The van der Waals surface area contributed by atoms with Gasteiger partial charge in [0.15, 0.2) is 0 Å². The third kappa shape index (κ3) is 4.42. The Kier molecular flexibility index (Phi) is 6.05. The Hall–Kier alpha value is -3.42. The van der Waals surface area contributed by atoms with E-state index in [0.717, 1.165) is 17.7 Å². The maximum absolute atomic E-state index is 13.0. The van der Waals surface area contributed by atoms with Gasteiger partial charge in [-0.15, -0.1) is 0 Å². The van der Waals surface area contributed by atoms with Gasteiger partial charge in [-0.25, -0.2) is 0 Å². The van der Waals surface area contributed by atoms with E-state index in [-0.39, 0.29) is 23.4 Å². The van der Waals surface area contributed by atoms with Gasteiger partial charge in [0, 0.05) is 18.8 Å². The second-order valence-corrected chi connectivity index (χ2v) is 6.92. The molecule has 2 aromatic rings. The highest BCUT2D eigenvalue weighted by molar-refractivity contribution is 6.12. The molecular weight excluding hydrogens is 393 g/mol. The lowest BCUT2D eigenvalue weighted by atomic mass is 9.93. The predicted molar refractivity (Wildman–Crippen MR) is 110 cm³/mol. The van der Waals surface area contributed by atoms with Gasteiger partial charge in [0.05, 0.1) is 23.0 Å². The summed E-state index contributed by atoms with van der Waals surface area (Å²) in [4.78, 5) is 14.6. The first-order valence-electron chi connectivity index (χ1n) is 9.29. The quantitative estimate of drug-likeness (QED) is 0.465. The minimum atomic E-state index is -4.45. The van der Waals surface area contributed by atoms with Crippen LogP contribution in [-0.2, 0) is 17.4 Å². The lowest BCUT2D eigenvalue weighted by molar-refractivity contribution is -0.137. The number of carbonyl (C=O) groups excluding carboxylic acids is 1. The molecule has 2 N–H and O–H groups in total. The summed E-state index contributed by atoms with van der Waals surface area (Å²) in [5.74, 6) is -0.374. The van der Waals surface area contributed by atoms with E-state index in [4.69, 9.17) is 5.73 Å². The van der Waals surface area contributed by atoms with Gasteiger partial charge in [-0.3, -0.25) is 4.79 Å². The zero-order valence-corrected chi connectivity index (χ0v) is 16.4. The van der Waals surface area contributed by atoms with Crippen molar-refractivity contribution in [2.24, 2.45) is 15.9 Å². The van der Waals surface area contributed by atoms with Crippen molar-refractivity contribution in [1.82, 2.24) is 4.90 Å². The molecule has 8 heteroatoms. The van der Waals surface area contributed by atoms with Gasteiger partial charge in [0.25, 0.3) is 5.91 Å². The van der Waals surface area contributed by atoms with Crippen molar-refractivity contribution in [3.8, 4) is 0 Å². The molecule has 1 heterocycles. The van der Waals surface area contributed by atoms with E-state index >= 15 is 0 Å². The lowest BCUT2D eigenvalue weighted by Gasteiger charge is -2.35. The summed E-state index contributed by atoms with van der Waals surface area (Å²) in [5, 5.41) is 7.27. The summed E-state index contributed by atoms with van der Waals surface area (Å²) < 4.78 is 38.4. The van der Waals surface area contributed by atoms with Crippen molar-refractivity contribution >= 4 is 18.3 Å². The number of alkyl halides is 3. The minimum absolute atomic E-state index is 0.0801. The third-order valence-electron chi connectivity index (χ3n) is 5.08. The second kappa shape index (κ2) is 8.52. The minimum Gasteiger partial charge on any atom is -0.394 e. The summed E-state index contributed by atoms with van der Waals surface area (Å²) in [7, 11) is 0. The SMILES string of the molecule is C=NN=C(C=C(N)C(=O)N1CCc2ccccc2[C@H]1C)c1ccc(C(F)(F)F)cc1. The molecule has 1 amide bonds. The molecular formula is C22H21F3N4O. The van der Waals surface area contributed by atoms with Crippen LogP contribution in [0.1, 0.15) is 35.2 Å². The molecule has 1 aliphatic rings. The van der Waals surface area contributed by atoms with Crippen LogP contribution in [0.5, 0.6) is 0 Å². The van der Waals surface area contributed by atoms with Crippen LogP contribution in [0.25, 0.3) is 0 Å². The molecule has 2 aromatic carbocycles. The first-order chi connectivity index (χ1) is 14.2. The van der Waals surface area contributed by atoms with E-state index in [1.54, 1.807) is 4.90 Å². The zero-order valence-electron chi connectivity index (χ0n) is 16.4. The van der Waals surface area contributed by atoms with Gasteiger partial charge >= 0.3 is 6.18 Å². The van der Waals surface area contributed by atoms with Crippen LogP contribution >= 0.6 is 0 Å². The van der Waals surface area contributed by atoms with E-state index < -0.39 is 11.7 Å². The molecule has 30 heavy (non-hydrogen) atoms. The number of hydrogen-bond acceptors (Lipinski definition) is 4.